The van der Waals surface area contributed by atoms with Crippen molar-refractivity contribution in [1.29, 1.82) is 0 Å². The van der Waals surface area contributed by atoms with Gasteiger partial charge in [0.15, 0.2) is 5.75 Å². The molecular formula is C8H8ClNO3. The summed E-state index contributed by atoms with van der Waals surface area (Å²) in [4.78, 5) is 11.1. The molecule has 0 atom stereocenters. The Kier molecular flexibility index (Phi) is 2.63. The topological polar surface area (TPSA) is 69.6 Å². The summed E-state index contributed by atoms with van der Waals surface area (Å²) < 4.78 is 0. The lowest BCUT2D eigenvalue weighted by molar-refractivity contribution is 0.0960. The van der Waals surface area contributed by atoms with E-state index in [2.05, 4.69) is 5.32 Å². The number of carbonyl (C=O) groups is 1. The van der Waals surface area contributed by atoms with Crippen molar-refractivity contribution in [3.8, 4) is 11.5 Å². The smallest absolute Gasteiger partial charge is 0.254 e. The monoisotopic (exact) mass is 201 g/mol. The molecule has 0 heterocycles. The molecule has 1 aromatic carbocycles. The Morgan fingerprint density at radius 3 is 2.62 bits per heavy atom. The van der Waals surface area contributed by atoms with Gasteiger partial charge in [0.05, 0.1) is 5.56 Å². The van der Waals surface area contributed by atoms with Crippen LogP contribution in [0.25, 0.3) is 0 Å². The molecule has 1 aromatic rings. The van der Waals surface area contributed by atoms with E-state index in [-0.39, 0.29) is 16.3 Å². The minimum Gasteiger partial charge on any atom is -0.506 e. The van der Waals surface area contributed by atoms with Crippen molar-refractivity contribution in [3.63, 3.8) is 0 Å². The summed E-state index contributed by atoms with van der Waals surface area (Å²) in [6, 6.07) is 2.53. The summed E-state index contributed by atoms with van der Waals surface area (Å²) >= 11 is 5.50. The van der Waals surface area contributed by atoms with Gasteiger partial charge in [0.2, 0.25) is 0 Å². The Bertz CT molecular complexity index is 351. The number of aromatic hydroxyl groups is 2. The van der Waals surface area contributed by atoms with Crippen molar-refractivity contribution in [3.05, 3.63) is 22.7 Å². The molecule has 1 rings (SSSR count). The van der Waals surface area contributed by atoms with E-state index in [0.29, 0.717) is 0 Å². The average molecular weight is 202 g/mol. The van der Waals surface area contributed by atoms with Crippen LogP contribution in [-0.2, 0) is 0 Å². The van der Waals surface area contributed by atoms with Crippen LogP contribution in [0, 0.1) is 0 Å². The number of phenolic OH excluding ortho intramolecular Hbond substituents is 2. The fourth-order valence-corrected chi connectivity index (χ4v) is 1.04. The molecule has 1 amide bonds. The first-order valence-corrected chi connectivity index (χ1v) is 3.88. The maximum Gasteiger partial charge on any atom is 0.254 e. The summed E-state index contributed by atoms with van der Waals surface area (Å²) in [5.74, 6) is -1.13. The SMILES string of the molecule is CNC(=O)c1ccc(O)c(Cl)c1O. The Morgan fingerprint density at radius 2 is 2.08 bits per heavy atom. The number of halogens is 1. The van der Waals surface area contributed by atoms with Crippen LogP contribution in [-0.4, -0.2) is 23.2 Å². The number of amides is 1. The zero-order valence-corrected chi connectivity index (χ0v) is 7.59. The van der Waals surface area contributed by atoms with E-state index < -0.39 is 11.7 Å². The molecule has 0 aliphatic rings. The average Bonchev–Trinajstić information content (AvgIpc) is 2.13. The first-order chi connectivity index (χ1) is 6.07. The third-order valence-corrected chi connectivity index (χ3v) is 1.94. The second kappa shape index (κ2) is 3.53. The highest BCUT2D eigenvalue weighted by Gasteiger charge is 2.14. The van der Waals surface area contributed by atoms with Crippen LogP contribution in [0.15, 0.2) is 12.1 Å². The molecule has 0 aliphatic heterocycles. The summed E-state index contributed by atoms with van der Waals surface area (Å²) in [5.41, 5.74) is 0.0327. The predicted octanol–water partition coefficient (Wildman–Crippen LogP) is 1.11. The number of hydrogen-bond acceptors (Lipinski definition) is 3. The van der Waals surface area contributed by atoms with Gasteiger partial charge in [-0.3, -0.25) is 4.79 Å². The van der Waals surface area contributed by atoms with Crippen LogP contribution in [0.5, 0.6) is 11.5 Å². The van der Waals surface area contributed by atoms with Gasteiger partial charge in [0, 0.05) is 7.05 Å². The maximum atomic E-state index is 11.1. The van der Waals surface area contributed by atoms with Gasteiger partial charge < -0.3 is 15.5 Å². The molecule has 0 fully saturated rings. The quantitative estimate of drug-likeness (QED) is 0.638. The van der Waals surface area contributed by atoms with E-state index in [1.165, 1.54) is 19.2 Å². The molecule has 4 nitrogen and oxygen atoms in total. The number of nitrogens with one attached hydrogen (secondary N) is 1. The van der Waals surface area contributed by atoms with Crippen LogP contribution in [0.1, 0.15) is 10.4 Å². The summed E-state index contributed by atoms with van der Waals surface area (Å²) in [5, 5.41) is 20.5. The van der Waals surface area contributed by atoms with Gasteiger partial charge in [-0.05, 0) is 12.1 Å². The van der Waals surface area contributed by atoms with Crippen molar-refractivity contribution in [2.24, 2.45) is 0 Å². The van der Waals surface area contributed by atoms with Gasteiger partial charge in [-0.15, -0.1) is 0 Å². The van der Waals surface area contributed by atoms with E-state index in [9.17, 15) is 9.90 Å². The highest BCUT2D eigenvalue weighted by Crippen LogP contribution is 2.34. The molecule has 0 spiro atoms. The van der Waals surface area contributed by atoms with Crippen molar-refractivity contribution < 1.29 is 15.0 Å². The zero-order valence-electron chi connectivity index (χ0n) is 6.84. The molecule has 0 aromatic heterocycles. The van der Waals surface area contributed by atoms with Gasteiger partial charge in [-0.25, -0.2) is 0 Å². The first-order valence-electron chi connectivity index (χ1n) is 3.50. The van der Waals surface area contributed by atoms with Gasteiger partial charge in [-0.2, -0.15) is 0 Å². The van der Waals surface area contributed by atoms with E-state index in [1.54, 1.807) is 0 Å². The minimum atomic E-state index is -0.459. The van der Waals surface area contributed by atoms with E-state index >= 15 is 0 Å². The molecule has 0 aliphatic carbocycles. The van der Waals surface area contributed by atoms with Crippen LogP contribution >= 0.6 is 11.6 Å². The second-order valence-corrected chi connectivity index (χ2v) is 2.75. The molecule has 0 radical (unpaired) electrons. The Hall–Kier alpha value is -1.42. The van der Waals surface area contributed by atoms with Gasteiger partial charge in [-0.1, -0.05) is 11.6 Å². The van der Waals surface area contributed by atoms with Gasteiger partial charge in [0.1, 0.15) is 10.8 Å². The normalized spacial score (nSPS) is 9.69. The molecule has 5 heteroatoms. The Balaban J connectivity index is 3.26. The lowest BCUT2D eigenvalue weighted by atomic mass is 10.2. The summed E-state index contributed by atoms with van der Waals surface area (Å²) in [6.45, 7) is 0. The van der Waals surface area contributed by atoms with Gasteiger partial charge in [0.25, 0.3) is 5.91 Å². The van der Waals surface area contributed by atoms with Gasteiger partial charge >= 0.3 is 0 Å². The zero-order chi connectivity index (χ0) is 10.0. The minimum absolute atomic E-state index is 0.0327. The maximum absolute atomic E-state index is 11.1. The van der Waals surface area contributed by atoms with Crippen LogP contribution in [0.4, 0.5) is 0 Å². The largest absolute Gasteiger partial charge is 0.506 e. The number of benzene rings is 1. The molecule has 0 saturated heterocycles. The number of hydrogen-bond donors (Lipinski definition) is 3. The fourth-order valence-electron chi connectivity index (χ4n) is 0.872. The molecule has 70 valence electrons. The molecule has 13 heavy (non-hydrogen) atoms. The second-order valence-electron chi connectivity index (χ2n) is 2.37. The Labute approximate surface area is 79.8 Å². The third-order valence-electron chi connectivity index (χ3n) is 1.57. The number of phenols is 2. The summed E-state index contributed by atoms with van der Waals surface area (Å²) in [7, 11) is 1.43. The molecular weight excluding hydrogens is 194 g/mol. The highest BCUT2D eigenvalue weighted by molar-refractivity contribution is 6.34. The number of carbonyl (C=O) groups excluding carboxylic acids is 1. The lowest BCUT2D eigenvalue weighted by Gasteiger charge is -2.05. The highest BCUT2D eigenvalue weighted by atomic mass is 35.5. The Morgan fingerprint density at radius 1 is 1.46 bits per heavy atom. The molecule has 3 N–H and O–H groups in total. The molecule has 0 bridgehead atoms. The van der Waals surface area contributed by atoms with Crippen molar-refractivity contribution >= 4 is 17.5 Å². The molecule has 0 unspecified atom stereocenters. The molecule has 0 saturated carbocycles. The van der Waals surface area contributed by atoms with Crippen LogP contribution in [0.2, 0.25) is 5.02 Å². The van der Waals surface area contributed by atoms with Crippen molar-refractivity contribution in [2.45, 2.75) is 0 Å². The third kappa shape index (κ3) is 1.67. The fraction of sp³-hybridized carbons (Fsp3) is 0.125. The first kappa shape index (κ1) is 9.67. The van der Waals surface area contributed by atoms with E-state index in [4.69, 9.17) is 16.7 Å². The van der Waals surface area contributed by atoms with E-state index in [1.807, 2.05) is 0 Å². The van der Waals surface area contributed by atoms with Crippen LogP contribution in [0.3, 0.4) is 0 Å². The van der Waals surface area contributed by atoms with Crippen molar-refractivity contribution in [1.82, 2.24) is 5.32 Å². The lowest BCUT2D eigenvalue weighted by Crippen LogP contribution is -2.17. The number of rotatable bonds is 1. The van der Waals surface area contributed by atoms with Crippen LogP contribution < -0.4 is 5.32 Å². The van der Waals surface area contributed by atoms with E-state index in [0.717, 1.165) is 0 Å². The predicted molar refractivity (Wildman–Crippen MR) is 48.2 cm³/mol. The van der Waals surface area contributed by atoms with Crippen molar-refractivity contribution in [2.75, 3.05) is 7.05 Å². The standard InChI is InChI=1S/C8H8ClNO3/c1-10-8(13)4-2-3-5(11)6(9)7(4)12/h2-3,11-12H,1H3,(H,10,13). The summed E-state index contributed by atoms with van der Waals surface area (Å²) in [6.07, 6.45) is 0.